The zero-order valence-electron chi connectivity index (χ0n) is 12.3. The zero-order chi connectivity index (χ0) is 16.5. The number of hydrogen-bond donors (Lipinski definition) is 3. The van der Waals surface area contributed by atoms with Crippen molar-refractivity contribution in [2.24, 2.45) is 0 Å². The quantitative estimate of drug-likeness (QED) is 0.584. The summed E-state index contributed by atoms with van der Waals surface area (Å²) in [6.45, 7) is 0.580. The normalized spacial score (nSPS) is 9.57. The Morgan fingerprint density at radius 1 is 1.26 bits per heavy atom. The third-order valence-electron chi connectivity index (χ3n) is 2.88. The van der Waals surface area contributed by atoms with Crippen molar-refractivity contribution in [1.82, 2.24) is 10.3 Å². The molecule has 118 valence electrons. The molecule has 2 aromatic rings. The van der Waals surface area contributed by atoms with Crippen molar-refractivity contribution in [3.63, 3.8) is 0 Å². The van der Waals surface area contributed by atoms with Gasteiger partial charge in [0, 0.05) is 24.7 Å². The topological polar surface area (TPSA) is 91.4 Å². The fraction of sp³-hybridized carbons (Fsp3) is 0.176. The number of ether oxygens (including phenoxy) is 1. The molecule has 0 bridgehead atoms. The van der Waals surface area contributed by atoms with Gasteiger partial charge >= 0.3 is 12.1 Å². The molecular formula is C17H16N2O4. The molecule has 2 rings (SSSR count). The number of carboxylic acid groups (broad SMARTS) is 1. The van der Waals surface area contributed by atoms with Gasteiger partial charge in [-0.2, -0.15) is 0 Å². The van der Waals surface area contributed by atoms with Crippen molar-refractivity contribution in [3.05, 3.63) is 59.4 Å². The number of aromatic amines is 1. The van der Waals surface area contributed by atoms with Crippen LogP contribution in [0.1, 0.15) is 28.0 Å². The van der Waals surface area contributed by atoms with Crippen LogP contribution in [0.5, 0.6) is 0 Å². The third-order valence-corrected chi connectivity index (χ3v) is 2.88. The number of rotatable bonds is 5. The fourth-order valence-electron chi connectivity index (χ4n) is 1.76. The number of carbonyl (C=O) groups is 2. The Morgan fingerprint density at radius 2 is 2.04 bits per heavy atom. The number of nitrogens with one attached hydrogen (secondary N) is 2. The second-order valence-corrected chi connectivity index (χ2v) is 4.65. The molecule has 0 unspecified atom stereocenters. The molecule has 0 saturated heterocycles. The lowest BCUT2D eigenvalue weighted by molar-refractivity contribution is 0.0691. The van der Waals surface area contributed by atoms with E-state index in [4.69, 9.17) is 9.84 Å². The second-order valence-electron chi connectivity index (χ2n) is 4.65. The van der Waals surface area contributed by atoms with Gasteiger partial charge in [0.1, 0.15) is 12.3 Å². The lowest BCUT2D eigenvalue weighted by Crippen LogP contribution is -2.24. The molecule has 0 aliphatic heterocycles. The molecule has 0 atom stereocenters. The number of amides is 1. The van der Waals surface area contributed by atoms with Crippen LogP contribution in [0.2, 0.25) is 0 Å². The van der Waals surface area contributed by atoms with Gasteiger partial charge in [-0.05, 0) is 11.6 Å². The van der Waals surface area contributed by atoms with Crippen LogP contribution < -0.4 is 5.32 Å². The Bertz CT molecular complexity index is 726. The summed E-state index contributed by atoms with van der Waals surface area (Å²) < 4.78 is 5.05. The molecule has 0 fully saturated rings. The molecular weight excluding hydrogens is 296 g/mol. The van der Waals surface area contributed by atoms with E-state index in [9.17, 15) is 9.59 Å². The molecule has 0 radical (unpaired) electrons. The van der Waals surface area contributed by atoms with Crippen LogP contribution in [0.4, 0.5) is 4.79 Å². The molecule has 23 heavy (non-hydrogen) atoms. The van der Waals surface area contributed by atoms with E-state index in [0.717, 1.165) is 5.56 Å². The van der Waals surface area contributed by atoms with E-state index in [-0.39, 0.29) is 12.3 Å². The van der Waals surface area contributed by atoms with Gasteiger partial charge in [0.05, 0.1) is 0 Å². The molecule has 1 aromatic heterocycles. The summed E-state index contributed by atoms with van der Waals surface area (Å²) in [5.41, 5.74) is 1.61. The number of H-pyrrole nitrogens is 1. The van der Waals surface area contributed by atoms with Gasteiger partial charge in [-0.15, -0.1) is 0 Å². The largest absolute Gasteiger partial charge is 0.477 e. The highest BCUT2D eigenvalue weighted by molar-refractivity contribution is 5.86. The molecule has 0 spiro atoms. The van der Waals surface area contributed by atoms with Gasteiger partial charge in [0.2, 0.25) is 0 Å². The Morgan fingerprint density at radius 3 is 2.74 bits per heavy atom. The van der Waals surface area contributed by atoms with Crippen molar-refractivity contribution in [3.8, 4) is 11.8 Å². The minimum Gasteiger partial charge on any atom is -0.477 e. The lowest BCUT2D eigenvalue weighted by Gasteiger charge is -2.05. The molecule has 0 saturated carbocycles. The zero-order valence-corrected chi connectivity index (χ0v) is 12.3. The Kier molecular flexibility index (Phi) is 5.83. The number of alkyl carbamates (subject to hydrolysis) is 1. The average molecular weight is 312 g/mol. The van der Waals surface area contributed by atoms with E-state index in [1.54, 1.807) is 0 Å². The lowest BCUT2D eigenvalue weighted by atomic mass is 10.2. The molecule has 1 aromatic carbocycles. The van der Waals surface area contributed by atoms with Crippen LogP contribution in [0.3, 0.4) is 0 Å². The molecule has 1 heterocycles. The molecule has 0 aliphatic carbocycles. The molecule has 6 nitrogen and oxygen atoms in total. The molecule has 1 amide bonds. The first-order valence-electron chi connectivity index (χ1n) is 7.00. The van der Waals surface area contributed by atoms with Gasteiger partial charge in [-0.3, -0.25) is 0 Å². The number of hydrogen-bond acceptors (Lipinski definition) is 3. The summed E-state index contributed by atoms with van der Waals surface area (Å²) in [6, 6.07) is 10.9. The summed E-state index contributed by atoms with van der Waals surface area (Å²) in [5.74, 6) is 4.64. The van der Waals surface area contributed by atoms with Gasteiger partial charge in [0.15, 0.2) is 0 Å². The Labute approximate surface area is 133 Å². The number of aromatic carboxylic acids is 1. The summed E-state index contributed by atoms with van der Waals surface area (Å²) >= 11 is 0. The number of carbonyl (C=O) groups excluding carboxylic acids is 1. The maximum atomic E-state index is 11.5. The van der Waals surface area contributed by atoms with E-state index >= 15 is 0 Å². The number of carboxylic acids is 1. The molecule has 6 heteroatoms. The predicted molar refractivity (Wildman–Crippen MR) is 83.9 cm³/mol. The summed E-state index contributed by atoms with van der Waals surface area (Å²) in [4.78, 5) is 24.8. The predicted octanol–water partition coefficient (Wildman–Crippen LogP) is 2.38. The maximum Gasteiger partial charge on any atom is 0.407 e. The van der Waals surface area contributed by atoms with Gasteiger partial charge in [-0.1, -0.05) is 42.2 Å². The summed E-state index contributed by atoms with van der Waals surface area (Å²) in [5, 5.41) is 11.4. The average Bonchev–Trinajstić information content (AvgIpc) is 3.03. The monoisotopic (exact) mass is 312 g/mol. The maximum absolute atomic E-state index is 11.5. The molecule has 3 N–H and O–H groups in total. The third kappa shape index (κ3) is 5.59. The highest BCUT2D eigenvalue weighted by Gasteiger charge is 2.04. The summed E-state index contributed by atoms with van der Waals surface area (Å²) in [7, 11) is 0. The van der Waals surface area contributed by atoms with Crippen LogP contribution in [0.25, 0.3) is 0 Å². The van der Waals surface area contributed by atoms with Crippen LogP contribution in [-0.4, -0.2) is 28.7 Å². The van der Waals surface area contributed by atoms with Crippen molar-refractivity contribution in [2.45, 2.75) is 13.0 Å². The fourth-order valence-corrected chi connectivity index (χ4v) is 1.76. The Hall–Kier alpha value is -3.20. The van der Waals surface area contributed by atoms with E-state index in [1.165, 1.54) is 12.3 Å². The minimum atomic E-state index is -1.03. The van der Waals surface area contributed by atoms with Crippen molar-refractivity contribution in [1.29, 1.82) is 0 Å². The van der Waals surface area contributed by atoms with Gasteiger partial charge < -0.3 is 20.1 Å². The highest BCUT2D eigenvalue weighted by Crippen LogP contribution is 2.02. The smallest absolute Gasteiger partial charge is 0.407 e. The van der Waals surface area contributed by atoms with Gasteiger partial charge in [0.25, 0.3) is 0 Å². The van der Waals surface area contributed by atoms with Crippen LogP contribution in [-0.2, 0) is 11.3 Å². The van der Waals surface area contributed by atoms with E-state index in [0.29, 0.717) is 18.5 Å². The van der Waals surface area contributed by atoms with E-state index in [2.05, 4.69) is 22.1 Å². The second kappa shape index (κ2) is 8.29. The number of aromatic nitrogens is 1. The van der Waals surface area contributed by atoms with Crippen LogP contribution in [0.15, 0.2) is 42.6 Å². The first-order valence-corrected chi connectivity index (χ1v) is 7.00. The van der Waals surface area contributed by atoms with Crippen molar-refractivity contribution < 1.29 is 19.4 Å². The van der Waals surface area contributed by atoms with Crippen molar-refractivity contribution in [2.75, 3.05) is 6.54 Å². The van der Waals surface area contributed by atoms with Crippen LogP contribution in [0, 0.1) is 11.8 Å². The SMILES string of the molecule is O=C(NCCC#Cc1c[nH]c(C(=O)O)c1)OCc1ccccc1. The van der Waals surface area contributed by atoms with Gasteiger partial charge in [-0.25, -0.2) is 9.59 Å². The highest BCUT2D eigenvalue weighted by atomic mass is 16.5. The standard InChI is InChI=1S/C17H16N2O4/c20-16(21)15-10-14(11-19-15)8-4-5-9-18-17(22)23-12-13-6-2-1-3-7-13/h1-3,6-7,10-11,19H,5,9,12H2,(H,18,22)(H,20,21). The minimum absolute atomic E-state index is 0.0944. The first-order chi connectivity index (χ1) is 11.1. The summed E-state index contributed by atoms with van der Waals surface area (Å²) in [6.07, 6.45) is 1.47. The Balaban J connectivity index is 1.66. The molecule has 0 aliphatic rings. The first kappa shape index (κ1) is 16.2. The van der Waals surface area contributed by atoms with E-state index < -0.39 is 12.1 Å². The van der Waals surface area contributed by atoms with Crippen LogP contribution >= 0.6 is 0 Å². The van der Waals surface area contributed by atoms with E-state index in [1.807, 2.05) is 30.3 Å². The van der Waals surface area contributed by atoms with Crippen molar-refractivity contribution >= 4 is 12.1 Å². The number of benzene rings is 1.